The predicted molar refractivity (Wildman–Crippen MR) is 577 cm³/mol. The summed E-state index contributed by atoms with van der Waals surface area (Å²) in [6.45, 7) is 75.2. The fourth-order valence-corrected chi connectivity index (χ4v) is 12.9. The molecule has 0 spiro atoms. The number of aliphatic hydroxyl groups excluding tert-OH is 4. The molecule has 0 aliphatic heterocycles. The van der Waals surface area contributed by atoms with Gasteiger partial charge in [0.25, 0.3) is 0 Å². The van der Waals surface area contributed by atoms with Crippen molar-refractivity contribution in [1.29, 1.82) is 0 Å². The maximum Gasteiger partial charge on any atom is 0.164 e. The molecule has 0 fully saturated rings. The maximum atomic E-state index is 11.5. The number of carbonyl (C=O) groups excluding carboxylic acids is 4. The molecule has 0 unspecified atom stereocenters. The number of pyridine rings is 4. The summed E-state index contributed by atoms with van der Waals surface area (Å²) in [6, 6.07) is 63.3. The summed E-state index contributed by atoms with van der Waals surface area (Å²) in [5.41, 5.74) is 22.5. The average Bonchev–Trinajstić information content (AvgIpc) is 0.795. The Morgan fingerprint density at radius 2 is 0.556 bits per heavy atom. The first-order chi connectivity index (χ1) is 63.5. The summed E-state index contributed by atoms with van der Waals surface area (Å²) >= 11 is 0. The summed E-state index contributed by atoms with van der Waals surface area (Å²) in [4.78, 5) is 82.5. The Kier molecular flexibility index (Phi) is 51.3. The zero-order valence-electron chi connectivity index (χ0n) is 91.8. The van der Waals surface area contributed by atoms with E-state index in [0.717, 1.165) is 137 Å². The molecular weight excluding hydrogens is 2470 g/mol. The Balaban J connectivity index is 0.000000818. The van der Waals surface area contributed by atoms with Gasteiger partial charge in [-0.15, -0.1) is 140 Å². The first-order valence-electron chi connectivity index (χ1n) is 48.4. The van der Waals surface area contributed by atoms with Gasteiger partial charge in [0.1, 0.15) is 23.0 Å². The van der Waals surface area contributed by atoms with Crippen LogP contribution in [-0.4, -0.2) is 83.4 Å². The van der Waals surface area contributed by atoms with Crippen LogP contribution in [0.5, 0.6) is 0 Å². The summed E-state index contributed by atoms with van der Waals surface area (Å²) in [7, 11) is 0. The number of hydrogen-bond donors (Lipinski definition) is 4. The molecule has 776 valence electrons. The molecule has 12 aromatic rings. The van der Waals surface area contributed by atoms with Gasteiger partial charge in [-0.1, -0.05) is 312 Å². The van der Waals surface area contributed by atoms with Crippen molar-refractivity contribution in [1.82, 2.24) is 39.9 Å². The SMILES string of the molecule is CC(C)(C)C(=O)C=C(O)C(C)(C)C.CC(C)(C)C(=O)C=C(O)C(C)(C)C.CC(C)(C)C(=O)C=C(O)C(C)(C)C.CC(C)(C)C(=O)C=C(O)C(C)(C)C.CCC(C)(CC)c1cc(C)[c-]c(-c2cnc3ccccc3n2)c1.CCC(CC)c1cc(C)[c-]c(-c2cnc3ccccc3n2)c1.Cc1[c-]c(-c2ccc3ncccc3n2)cc(C(C)(C)C)c1.Cc1[c-]c(-c2ccc3ncccc3n2)cc(C(C)C)c1.[Ir].[Ir].[Ir].[Ir]. The van der Waals surface area contributed by atoms with Gasteiger partial charge in [0.05, 0.1) is 44.1 Å². The molecule has 6 aromatic heterocycles. The van der Waals surface area contributed by atoms with Crippen molar-refractivity contribution in [2.75, 3.05) is 0 Å². The molecule has 6 aromatic carbocycles. The molecule has 0 saturated carbocycles. The van der Waals surface area contributed by atoms with Crippen LogP contribution in [0.3, 0.4) is 0 Å². The van der Waals surface area contributed by atoms with Gasteiger partial charge in [0.15, 0.2) is 23.1 Å². The summed E-state index contributed by atoms with van der Waals surface area (Å²) in [5.74, 6) is 1.52. The van der Waals surface area contributed by atoms with Crippen molar-refractivity contribution < 1.29 is 120 Å². The maximum absolute atomic E-state index is 11.5. The van der Waals surface area contributed by atoms with E-state index in [0.29, 0.717) is 11.8 Å². The molecule has 0 aliphatic carbocycles. The van der Waals surface area contributed by atoms with E-state index < -0.39 is 21.7 Å². The molecule has 4 radical (unpaired) electrons. The molecule has 0 bridgehead atoms. The van der Waals surface area contributed by atoms with Crippen LogP contribution in [0.4, 0.5) is 0 Å². The Bertz CT molecular complexity index is 6070. The number of para-hydroxylation sites is 4. The van der Waals surface area contributed by atoms with Gasteiger partial charge in [-0.25, -0.2) is 0 Å². The summed E-state index contributed by atoms with van der Waals surface area (Å²) in [5, 5.41) is 38.2. The Morgan fingerprint density at radius 3 is 0.852 bits per heavy atom. The third-order valence-corrected chi connectivity index (χ3v) is 23.3. The minimum atomic E-state index is -0.417. The van der Waals surface area contributed by atoms with Crippen molar-refractivity contribution in [2.45, 2.75) is 311 Å². The van der Waals surface area contributed by atoms with Gasteiger partial charge in [0.2, 0.25) is 0 Å². The van der Waals surface area contributed by atoms with Gasteiger partial charge in [0, 0.05) is 184 Å². The van der Waals surface area contributed by atoms with E-state index in [1.54, 1.807) is 12.4 Å². The van der Waals surface area contributed by atoms with E-state index >= 15 is 0 Å². The van der Waals surface area contributed by atoms with Crippen LogP contribution in [0.2, 0.25) is 0 Å². The molecule has 0 atom stereocenters. The van der Waals surface area contributed by atoms with Crippen LogP contribution >= 0.6 is 0 Å². The Morgan fingerprint density at radius 1 is 0.303 bits per heavy atom. The number of aromatic nitrogens is 8. The van der Waals surface area contributed by atoms with Crippen LogP contribution in [0, 0.1) is 95.3 Å². The molecule has 4 N–H and O–H groups in total. The fourth-order valence-electron chi connectivity index (χ4n) is 12.9. The van der Waals surface area contributed by atoms with Crippen LogP contribution in [0.15, 0.2) is 218 Å². The molecule has 0 saturated heterocycles. The largest absolute Gasteiger partial charge is 0.512 e. The smallest absolute Gasteiger partial charge is 0.164 e. The van der Waals surface area contributed by atoms with E-state index in [1.807, 2.05) is 276 Å². The van der Waals surface area contributed by atoms with Gasteiger partial charge < -0.3 is 20.4 Å². The predicted octanol–water partition coefficient (Wildman–Crippen LogP) is 32.4. The zero-order valence-corrected chi connectivity index (χ0v) is 101. The van der Waals surface area contributed by atoms with Crippen LogP contribution in [-0.2, 0) is 110 Å². The number of ketones is 4. The molecule has 12 rings (SSSR count). The number of hydrogen-bond acceptors (Lipinski definition) is 16. The van der Waals surface area contributed by atoms with Gasteiger partial charge >= 0.3 is 0 Å². The topological polar surface area (TPSA) is 252 Å². The summed E-state index contributed by atoms with van der Waals surface area (Å²) in [6.07, 6.45) is 17.2. The molecule has 20 heteroatoms. The molecular formula is C122H160Ir4N8O8-4. The molecule has 16 nitrogen and oxygen atoms in total. The quantitative estimate of drug-likeness (QED) is 0.0423. The van der Waals surface area contributed by atoms with E-state index in [-0.39, 0.29) is 159 Å². The number of fused-ring (bicyclic) bond motifs is 4. The second-order valence-corrected chi connectivity index (χ2v) is 45.7. The third kappa shape index (κ3) is 42.0. The molecule has 142 heavy (non-hydrogen) atoms. The minimum Gasteiger partial charge on any atom is -0.512 e. The van der Waals surface area contributed by atoms with Crippen molar-refractivity contribution in [3.63, 3.8) is 0 Å². The molecule has 0 aliphatic rings. The first-order valence-corrected chi connectivity index (χ1v) is 48.4. The number of benzene rings is 6. The van der Waals surface area contributed by atoms with Crippen molar-refractivity contribution in [2.24, 2.45) is 43.3 Å². The van der Waals surface area contributed by atoms with E-state index in [4.69, 9.17) is 19.9 Å². The van der Waals surface area contributed by atoms with Crippen molar-refractivity contribution in [3.05, 3.63) is 286 Å². The van der Waals surface area contributed by atoms with E-state index in [9.17, 15) is 39.6 Å². The Labute approximate surface area is 905 Å². The van der Waals surface area contributed by atoms with Crippen LogP contribution in [0.1, 0.15) is 317 Å². The normalized spacial score (nSPS) is 12.3. The second-order valence-electron chi connectivity index (χ2n) is 45.7. The number of carbonyl (C=O) groups is 4. The zero-order chi connectivity index (χ0) is 105. The number of rotatable bonds is 15. The second kappa shape index (κ2) is 55.7. The van der Waals surface area contributed by atoms with E-state index in [2.05, 4.69) is 190 Å². The molecule has 6 heterocycles. The standard InChI is InChI=1S/C21H23N2.C20H21N2.C19H19N2.C18H17N2.4C11H20O2.4Ir/c1-5-21(4,6-2)17-12-15(3)11-16(13-17)20-14-22-18-9-7-8-10-19(18)23-20;1-4-15(5-2)16-10-14(3)11-17(12-16)20-13-21-18-8-6-7-9-19(18)22-20;1-13-10-14(12-15(11-13)19(2,3)4)16-7-8-17-18(21-16)6-5-9-20-17;1-12(2)14-9-13(3)10-15(11-14)16-6-7-17-18(20-16)5-4-8-19-17;4*1-10(2,3)8(12)7-9(13)11(4,5)6;;;;/h7-10,12-14H,5-6H2,1-4H3;6-10,12-13,15H,4-5H2,1-3H3;5-9,11-12H,1-4H3;4-9,11-12H,1-3H3;4*7,12H,1-6H3;;;;/q4*-1;;;;;;;;. The van der Waals surface area contributed by atoms with Crippen LogP contribution in [0.25, 0.3) is 89.2 Å². The number of nitrogens with zero attached hydrogens (tertiary/aromatic N) is 8. The van der Waals surface area contributed by atoms with Crippen molar-refractivity contribution >= 4 is 67.3 Å². The fraction of sp³-hybridized carbons (Fsp3) is 0.443. The number of aryl methyl sites for hydroxylation is 4. The van der Waals surface area contributed by atoms with Gasteiger partial charge in [-0.3, -0.25) is 59.0 Å². The molecule has 0 amide bonds. The third-order valence-electron chi connectivity index (χ3n) is 23.3. The first kappa shape index (κ1) is 131. The van der Waals surface area contributed by atoms with Crippen molar-refractivity contribution in [3.8, 4) is 45.0 Å². The van der Waals surface area contributed by atoms with E-state index in [1.165, 1.54) is 46.6 Å². The number of allylic oxidation sites excluding steroid dienone is 8. The Hall–Kier alpha value is -9.44. The monoisotopic (exact) mass is 2640 g/mol. The van der Waals surface area contributed by atoms with Gasteiger partial charge in [-0.2, -0.15) is 0 Å². The van der Waals surface area contributed by atoms with Gasteiger partial charge in [-0.05, 0) is 108 Å². The average molecular weight is 2640 g/mol. The van der Waals surface area contributed by atoms with Crippen LogP contribution < -0.4 is 0 Å². The number of aliphatic hydroxyl groups is 4. The minimum absolute atomic E-state index is 0. The summed E-state index contributed by atoms with van der Waals surface area (Å²) < 4.78 is 0.